The number of benzene rings is 4. The van der Waals surface area contributed by atoms with Gasteiger partial charge in [0.2, 0.25) is 0 Å². The predicted octanol–water partition coefficient (Wildman–Crippen LogP) is 7.87. The second kappa shape index (κ2) is 8.53. The van der Waals surface area contributed by atoms with Gasteiger partial charge in [0.1, 0.15) is 22.6 Å². The van der Waals surface area contributed by atoms with Gasteiger partial charge in [0.25, 0.3) is 0 Å². The van der Waals surface area contributed by atoms with Crippen LogP contribution in [-0.2, 0) is 0 Å². The molecule has 4 aromatic heterocycles. The van der Waals surface area contributed by atoms with E-state index in [0.29, 0.717) is 28.9 Å². The molecule has 8 aromatic rings. The van der Waals surface area contributed by atoms with Gasteiger partial charge < -0.3 is 4.42 Å². The summed E-state index contributed by atoms with van der Waals surface area (Å²) in [5, 5.41) is 6.85. The molecule has 6 nitrogen and oxygen atoms in total. The Labute approximate surface area is 222 Å². The van der Waals surface area contributed by atoms with Crippen LogP contribution >= 0.6 is 0 Å². The highest BCUT2D eigenvalue weighted by Gasteiger charge is 2.19. The van der Waals surface area contributed by atoms with Crippen LogP contribution in [-0.4, -0.2) is 24.9 Å². The fourth-order valence-electron chi connectivity index (χ4n) is 5.28. The molecule has 4 aromatic carbocycles. The Morgan fingerprint density at radius 3 is 1.85 bits per heavy atom. The second-order valence-corrected chi connectivity index (χ2v) is 9.34. The molecule has 182 valence electrons. The Bertz CT molecular complexity index is 2120. The maximum atomic E-state index is 6.55. The Morgan fingerprint density at radius 2 is 1.10 bits per heavy atom. The lowest BCUT2D eigenvalue weighted by Gasteiger charge is -2.08. The van der Waals surface area contributed by atoms with E-state index in [9.17, 15) is 0 Å². The molecule has 0 bridgehead atoms. The predicted molar refractivity (Wildman–Crippen MR) is 154 cm³/mol. The van der Waals surface area contributed by atoms with Gasteiger partial charge in [-0.25, -0.2) is 15.0 Å². The molecule has 0 N–H and O–H groups in total. The summed E-state index contributed by atoms with van der Waals surface area (Å²) in [5.41, 5.74) is 3.66. The summed E-state index contributed by atoms with van der Waals surface area (Å²) >= 11 is 0. The van der Waals surface area contributed by atoms with E-state index >= 15 is 0 Å². The molecule has 0 atom stereocenters. The SMILES string of the molecule is c1ccc(-c2nc(-c3ccccn3)nc(-c3cccc4c3oc3ccc5ccc6ccccc6c5c34)n2)nc1. The van der Waals surface area contributed by atoms with Gasteiger partial charge in [-0.05, 0) is 52.6 Å². The van der Waals surface area contributed by atoms with Crippen LogP contribution in [0.4, 0.5) is 0 Å². The molecule has 6 heteroatoms. The van der Waals surface area contributed by atoms with Crippen molar-refractivity contribution in [1.29, 1.82) is 0 Å². The van der Waals surface area contributed by atoms with Crippen LogP contribution in [0.15, 0.2) is 120 Å². The second-order valence-electron chi connectivity index (χ2n) is 9.34. The van der Waals surface area contributed by atoms with E-state index in [1.807, 2.05) is 54.6 Å². The van der Waals surface area contributed by atoms with Crippen molar-refractivity contribution >= 4 is 43.5 Å². The minimum atomic E-state index is 0.478. The third-order valence-electron chi connectivity index (χ3n) is 7.03. The van der Waals surface area contributed by atoms with Gasteiger partial charge in [-0.3, -0.25) is 9.97 Å². The van der Waals surface area contributed by atoms with E-state index in [1.54, 1.807) is 12.4 Å². The Kier molecular flexibility index (Phi) is 4.72. The smallest absolute Gasteiger partial charge is 0.182 e. The number of hydrogen-bond donors (Lipinski definition) is 0. The summed E-state index contributed by atoms with van der Waals surface area (Å²) < 4.78 is 6.55. The average Bonchev–Trinajstić information content (AvgIpc) is 3.41. The summed E-state index contributed by atoms with van der Waals surface area (Å²) in [5.74, 6) is 1.46. The molecule has 0 aliphatic heterocycles. The standard InChI is InChI=1S/C33H19N5O/c1-2-9-22-20(8-1)14-15-21-16-17-27-29(28(21)22)23-10-7-11-24(30(23)39-27)31-36-32(25-12-3-5-18-34-25)38-33(37-31)26-13-4-6-19-35-26/h1-19H. The Balaban J connectivity index is 1.44. The van der Waals surface area contributed by atoms with Crippen LogP contribution in [0.25, 0.3) is 77.9 Å². The van der Waals surface area contributed by atoms with E-state index in [4.69, 9.17) is 19.4 Å². The molecule has 0 aliphatic carbocycles. The summed E-state index contributed by atoms with van der Waals surface area (Å²) in [4.78, 5) is 23.4. The van der Waals surface area contributed by atoms with E-state index in [2.05, 4.69) is 58.5 Å². The molecule has 0 amide bonds. The molecule has 4 heterocycles. The van der Waals surface area contributed by atoms with Crippen LogP contribution in [0.5, 0.6) is 0 Å². The fraction of sp³-hybridized carbons (Fsp3) is 0. The molecule has 0 unspecified atom stereocenters. The Morgan fingerprint density at radius 1 is 0.462 bits per heavy atom. The first kappa shape index (κ1) is 21.6. The van der Waals surface area contributed by atoms with Gasteiger partial charge in [-0.1, -0.05) is 66.7 Å². The molecule has 39 heavy (non-hydrogen) atoms. The summed E-state index contributed by atoms with van der Waals surface area (Å²) in [6.45, 7) is 0. The molecule has 8 rings (SSSR count). The molecule has 0 radical (unpaired) electrons. The highest BCUT2D eigenvalue weighted by atomic mass is 16.3. The Hall–Kier alpha value is -5.49. The number of rotatable bonds is 3. The highest BCUT2D eigenvalue weighted by molar-refractivity contribution is 6.27. The molecule has 0 saturated carbocycles. The minimum absolute atomic E-state index is 0.478. The number of pyridine rings is 2. The van der Waals surface area contributed by atoms with Crippen molar-refractivity contribution in [3.63, 3.8) is 0 Å². The normalized spacial score (nSPS) is 11.6. The number of hydrogen-bond acceptors (Lipinski definition) is 6. The fourth-order valence-corrected chi connectivity index (χ4v) is 5.28. The van der Waals surface area contributed by atoms with E-state index in [-0.39, 0.29) is 0 Å². The van der Waals surface area contributed by atoms with Crippen molar-refractivity contribution in [3.8, 4) is 34.4 Å². The first-order valence-corrected chi connectivity index (χ1v) is 12.7. The van der Waals surface area contributed by atoms with E-state index in [0.717, 1.165) is 27.5 Å². The van der Waals surface area contributed by atoms with Crippen molar-refractivity contribution in [1.82, 2.24) is 24.9 Å². The molecule has 0 fully saturated rings. The van der Waals surface area contributed by atoms with Gasteiger partial charge in [0.15, 0.2) is 17.5 Å². The van der Waals surface area contributed by atoms with Crippen molar-refractivity contribution in [2.24, 2.45) is 0 Å². The highest BCUT2D eigenvalue weighted by Crippen LogP contribution is 2.41. The first-order valence-electron chi connectivity index (χ1n) is 12.7. The maximum absolute atomic E-state index is 6.55. The molecule has 0 saturated heterocycles. The first-order chi connectivity index (χ1) is 19.3. The monoisotopic (exact) mass is 501 g/mol. The van der Waals surface area contributed by atoms with Crippen LogP contribution in [0, 0.1) is 0 Å². The van der Waals surface area contributed by atoms with Crippen LogP contribution in [0.1, 0.15) is 0 Å². The molecular weight excluding hydrogens is 482 g/mol. The molecule has 0 aliphatic rings. The van der Waals surface area contributed by atoms with E-state index < -0.39 is 0 Å². The van der Waals surface area contributed by atoms with Gasteiger partial charge in [-0.2, -0.15) is 0 Å². The van der Waals surface area contributed by atoms with Crippen LogP contribution in [0.3, 0.4) is 0 Å². The number of aromatic nitrogens is 5. The lowest BCUT2D eigenvalue weighted by Crippen LogP contribution is -2.01. The minimum Gasteiger partial charge on any atom is -0.455 e. The van der Waals surface area contributed by atoms with Crippen LogP contribution in [0.2, 0.25) is 0 Å². The van der Waals surface area contributed by atoms with Crippen molar-refractivity contribution in [2.45, 2.75) is 0 Å². The number of furan rings is 1. The van der Waals surface area contributed by atoms with Crippen molar-refractivity contribution in [2.75, 3.05) is 0 Å². The summed E-state index contributed by atoms with van der Waals surface area (Å²) in [7, 11) is 0. The van der Waals surface area contributed by atoms with Gasteiger partial charge in [0, 0.05) is 28.6 Å². The molecule has 0 spiro atoms. The third kappa shape index (κ3) is 3.46. The van der Waals surface area contributed by atoms with Crippen molar-refractivity contribution < 1.29 is 4.42 Å². The van der Waals surface area contributed by atoms with Crippen LogP contribution < -0.4 is 0 Å². The average molecular weight is 502 g/mol. The zero-order chi connectivity index (χ0) is 25.8. The van der Waals surface area contributed by atoms with Gasteiger partial charge >= 0.3 is 0 Å². The van der Waals surface area contributed by atoms with Gasteiger partial charge in [0.05, 0.1) is 5.56 Å². The third-order valence-corrected chi connectivity index (χ3v) is 7.03. The summed E-state index contributed by atoms with van der Waals surface area (Å²) in [6, 6.07) is 34.4. The lowest BCUT2D eigenvalue weighted by atomic mass is 9.97. The largest absolute Gasteiger partial charge is 0.455 e. The van der Waals surface area contributed by atoms with Crippen molar-refractivity contribution in [3.05, 3.63) is 116 Å². The van der Waals surface area contributed by atoms with Gasteiger partial charge in [-0.15, -0.1) is 0 Å². The quantitative estimate of drug-likeness (QED) is 0.229. The number of fused-ring (bicyclic) bond motifs is 7. The zero-order valence-electron chi connectivity index (χ0n) is 20.6. The summed E-state index contributed by atoms with van der Waals surface area (Å²) in [6.07, 6.45) is 3.46. The topological polar surface area (TPSA) is 77.6 Å². The number of nitrogens with zero attached hydrogens (tertiary/aromatic N) is 5. The molecular formula is C33H19N5O. The maximum Gasteiger partial charge on any atom is 0.182 e. The zero-order valence-corrected chi connectivity index (χ0v) is 20.6. The number of para-hydroxylation sites is 1. The van der Waals surface area contributed by atoms with E-state index in [1.165, 1.54) is 21.5 Å². The lowest BCUT2D eigenvalue weighted by molar-refractivity contribution is 0.670.